The lowest BCUT2D eigenvalue weighted by Crippen LogP contribution is -2.30. The molecule has 2 atom stereocenters. The minimum absolute atomic E-state index is 0.00577. The Bertz CT molecular complexity index is 515. The van der Waals surface area contributed by atoms with Crippen molar-refractivity contribution in [2.45, 2.75) is 50.9 Å². The van der Waals surface area contributed by atoms with E-state index in [-0.39, 0.29) is 18.2 Å². The monoisotopic (exact) mass is 289 g/mol. The number of rotatable bonds is 3. The molecule has 0 saturated heterocycles. The van der Waals surface area contributed by atoms with Gasteiger partial charge in [0.25, 0.3) is 0 Å². The molecule has 1 aromatic carbocycles. The highest BCUT2D eigenvalue weighted by atomic mass is 16.5. The van der Waals surface area contributed by atoms with Crippen LogP contribution in [-0.2, 0) is 22.4 Å². The average molecular weight is 289 g/mol. The zero-order valence-corrected chi connectivity index (χ0v) is 12.6. The number of hydrogen-bond acceptors (Lipinski definition) is 4. The molecule has 2 unspecified atom stereocenters. The Kier molecular flexibility index (Phi) is 4.56. The summed E-state index contributed by atoms with van der Waals surface area (Å²) in [5, 5.41) is 3.33. The number of hydrogen-bond donors (Lipinski definition) is 1. The summed E-state index contributed by atoms with van der Waals surface area (Å²) >= 11 is 0. The van der Waals surface area contributed by atoms with Crippen LogP contribution < -0.4 is 5.32 Å². The molecule has 3 rings (SSSR count). The minimum atomic E-state index is -0.171. The lowest BCUT2D eigenvalue weighted by Gasteiger charge is -2.28. The van der Waals surface area contributed by atoms with Gasteiger partial charge in [0.2, 0.25) is 0 Å². The standard InChI is InChI=1S/C17H23NO3/c1-20-13-5-3-6-14(10-13)21-17(19)16-7-2-4-12-11-18-9-8-15(12)16/h2,4,7,13-14,18H,3,5-6,8-11H2,1H3. The summed E-state index contributed by atoms with van der Waals surface area (Å²) in [6.07, 6.45) is 5.01. The highest BCUT2D eigenvalue weighted by Gasteiger charge is 2.26. The third-order valence-corrected chi connectivity index (χ3v) is 4.55. The molecule has 2 aliphatic rings. The number of carbonyl (C=O) groups excluding carboxylic acids is 1. The van der Waals surface area contributed by atoms with E-state index < -0.39 is 0 Å². The van der Waals surface area contributed by atoms with Crippen LogP contribution in [0, 0.1) is 0 Å². The molecule has 4 nitrogen and oxygen atoms in total. The van der Waals surface area contributed by atoms with E-state index in [1.54, 1.807) is 7.11 Å². The molecule has 1 aromatic rings. The third kappa shape index (κ3) is 3.27. The van der Waals surface area contributed by atoms with Gasteiger partial charge in [0.15, 0.2) is 0 Å². The van der Waals surface area contributed by atoms with Crippen LogP contribution in [0.1, 0.15) is 47.2 Å². The molecule has 1 N–H and O–H groups in total. The second-order valence-corrected chi connectivity index (χ2v) is 5.92. The molecule has 0 radical (unpaired) electrons. The van der Waals surface area contributed by atoms with Crippen molar-refractivity contribution >= 4 is 5.97 Å². The third-order valence-electron chi connectivity index (χ3n) is 4.55. The second kappa shape index (κ2) is 6.58. The van der Waals surface area contributed by atoms with E-state index in [2.05, 4.69) is 11.4 Å². The van der Waals surface area contributed by atoms with Crippen molar-refractivity contribution in [3.05, 3.63) is 34.9 Å². The summed E-state index contributed by atoms with van der Waals surface area (Å²) in [6, 6.07) is 5.92. The summed E-state index contributed by atoms with van der Waals surface area (Å²) < 4.78 is 11.1. The van der Waals surface area contributed by atoms with Gasteiger partial charge in [-0.1, -0.05) is 12.1 Å². The first-order chi connectivity index (χ1) is 10.3. The van der Waals surface area contributed by atoms with Crippen LogP contribution in [0.5, 0.6) is 0 Å². The van der Waals surface area contributed by atoms with Gasteiger partial charge in [-0.15, -0.1) is 0 Å². The molecule has 1 aliphatic carbocycles. The van der Waals surface area contributed by atoms with E-state index in [0.29, 0.717) is 0 Å². The molecule has 0 bridgehead atoms. The molecule has 114 valence electrons. The summed E-state index contributed by atoms with van der Waals surface area (Å²) in [7, 11) is 1.73. The first-order valence-corrected chi connectivity index (χ1v) is 7.83. The van der Waals surface area contributed by atoms with Gasteiger partial charge in [-0.25, -0.2) is 4.79 Å². The van der Waals surface area contributed by atoms with E-state index in [4.69, 9.17) is 9.47 Å². The highest BCUT2D eigenvalue weighted by molar-refractivity contribution is 5.91. The van der Waals surface area contributed by atoms with Crippen LogP contribution in [-0.4, -0.2) is 31.8 Å². The van der Waals surface area contributed by atoms with E-state index >= 15 is 0 Å². The predicted octanol–water partition coefficient (Wildman–Crippen LogP) is 2.45. The van der Waals surface area contributed by atoms with Gasteiger partial charge in [-0.2, -0.15) is 0 Å². The van der Waals surface area contributed by atoms with E-state index in [0.717, 1.165) is 56.3 Å². The summed E-state index contributed by atoms with van der Waals surface area (Å²) in [5.74, 6) is -0.171. The van der Waals surface area contributed by atoms with Crippen LogP contribution in [0.3, 0.4) is 0 Å². The smallest absolute Gasteiger partial charge is 0.338 e. The fourth-order valence-corrected chi connectivity index (χ4v) is 3.36. The van der Waals surface area contributed by atoms with Crippen LogP contribution in [0.15, 0.2) is 18.2 Å². The fraction of sp³-hybridized carbons (Fsp3) is 0.588. The Morgan fingerprint density at radius 3 is 3.00 bits per heavy atom. The number of fused-ring (bicyclic) bond motifs is 1. The van der Waals surface area contributed by atoms with Crippen molar-refractivity contribution in [1.29, 1.82) is 0 Å². The average Bonchev–Trinajstić information content (AvgIpc) is 2.54. The molecular formula is C17H23NO3. The molecule has 21 heavy (non-hydrogen) atoms. The van der Waals surface area contributed by atoms with Gasteiger partial charge < -0.3 is 14.8 Å². The van der Waals surface area contributed by atoms with Crippen molar-refractivity contribution in [1.82, 2.24) is 5.32 Å². The van der Waals surface area contributed by atoms with Gasteiger partial charge in [-0.3, -0.25) is 0 Å². The molecule has 0 spiro atoms. The molecule has 0 aromatic heterocycles. The number of benzene rings is 1. The van der Waals surface area contributed by atoms with Crippen LogP contribution in [0.4, 0.5) is 0 Å². The van der Waals surface area contributed by atoms with Gasteiger partial charge >= 0.3 is 5.97 Å². The first-order valence-electron chi connectivity index (χ1n) is 7.83. The van der Waals surface area contributed by atoms with Crippen molar-refractivity contribution in [2.24, 2.45) is 0 Å². The predicted molar refractivity (Wildman–Crippen MR) is 80.3 cm³/mol. The molecule has 1 aliphatic heterocycles. The number of carbonyl (C=O) groups is 1. The molecular weight excluding hydrogens is 266 g/mol. The zero-order valence-electron chi connectivity index (χ0n) is 12.6. The van der Waals surface area contributed by atoms with Crippen LogP contribution >= 0.6 is 0 Å². The maximum Gasteiger partial charge on any atom is 0.338 e. The highest BCUT2D eigenvalue weighted by Crippen LogP contribution is 2.25. The minimum Gasteiger partial charge on any atom is -0.459 e. The number of nitrogens with one attached hydrogen (secondary N) is 1. The maximum absolute atomic E-state index is 12.5. The normalized spacial score (nSPS) is 25.2. The lowest BCUT2D eigenvalue weighted by molar-refractivity contribution is -0.0150. The van der Waals surface area contributed by atoms with Crippen LogP contribution in [0.2, 0.25) is 0 Å². The SMILES string of the molecule is COC1CCCC(OC(=O)c2cccc3c2CCNC3)C1. The first kappa shape index (κ1) is 14.5. The topological polar surface area (TPSA) is 47.6 Å². The van der Waals surface area contributed by atoms with Gasteiger partial charge in [0.1, 0.15) is 6.10 Å². The Morgan fingerprint density at radius 2 is 2.14 bits per heavy atom. The quantitative estimate of drug-likeness (QED) is 0.868. The van der Waals surface area contributed by atoms with Crippen LogP contribution in [0.25, 0.3) is 0 Å². The molecule has 1 heterocycles. The maximum atomic E-state index is 12.5. The van der Waals surface area contributed by atoms with Crippen molar-refractivity contribution in [3.8, 4) is 0 Å². The Hall–Kier alpha value is -1.39. The summed E-state index contributed by atoms with van der Waals surface area (Å²) in [6.45, 7) is 1.76. The van der Waals surface area contributed by atoms with Gasteiger partial charge in [0.05, 0.1) is 11.7 Å². The van der Waals surface area contributed by atoms with E-state index in [1.165, 1.54) is 5.56 Å². The fourth-order valence-electron chi connectivity index (χ4n) is 3.36. The molecule has 4 heteroatoms. The molecule has 1 saturated carbocycles. The van der Waals surface area contributed by atoms with Gasteiger partial charge in [-0.05, 0) is 49.4 Å². The Balaban J connectivity index is 1.71. The molecule has 0 amide bonds. The molecule has 1 fully saturated rings. The van der Waals surface area contributed by atoms with Crippen molar-refractivity contribution in [2.75, 3.05) is 13.7 Å². The lowest BCUT2D eigenvalue weighted by atomic mass is 9.94. The van der Waals surface area contributed by atoms with E-state index in [1.807, 2.05) is 12.1 Å². The summed E-state index contributed by atoms with van der Waals surface area (Å²) in [5.41, 5.74) is 3.11. The second-order valence-electron chi connectivity index (χ2n) is 5.92. The van der Waals surface area contributed by atoms with Crippen molar-refractivity contribution in [3.63, 3.8) is 0 Å². The van der Waals surface area contributed by atoms with E-state index in [9.17, 15) is 4.79 Å². The van der Waals surface area contributed by atoms with Gasteiger partial charge in [0, 0.05) is 20.1 Å². The Morgan fingerprint density at radius 1 is 1.29 bits per heavy atom. The summed E-state index contributed by atoms with van der Waals surface area (Å²) in [4.78, 5) is 12.5. The Labute approximate surface area is 125 Å². The largest absolute Gasteiger partial charge is 0.459 e. The number of esters is 1. The number of methoxy groups -OCH3 is 1. The number of ether oxygens (including phenoxy) is 2. The van der Waals surface area contributed by atoms with Crippen molar-refractivity contribution < 1.29 is 14.3 Å². The zero-order chi connectivity index (χ0) is 14.7.